The highest BCUT2D eigenvalue weighted by Gasteiger charge is 2.37. The third-order valence-corrected chi connectivity index (χ3v) is 3.96. The number of hydrogen-bond acceptors (Lipinski definition) is 2. The van der Waals surface area contributed by atoms with Crippen LogP contribution in [0.2, 0.25) is 0 Å². The highest BCUT2D eigenvalue weighted by Crippen LogP contribution is 2.39. The molecule has 0 radical (unpaired) electrons. The first-order chi connectivity index (χ1) is 7.77. The van der Waals surface area contributed by atoms with Crippen LogP contribution >= 0.6 is 0 Å². The molecule has 1 fully saturated rings. The highest BCUT2D eigenvalue weighted by atomic mass is 16.5. The fourth-order valence-electron chi connectivity index (χ4n) is 3.07. The molecular formula is C14H20O2. The molecule has 0 aliphatic heterocycles. The summed E-state index contributed by atoms with van der Waals surface area (Å²) in [5, 5.41) is 0. The van der Waals surface area contributed by atoms with Crippen LogP contribution in [0.25, 0.3) is 0 Å². The second-order valence-corrected chi connectivity index (χ2v) is 4.77. The van der Waals surface area contributed by atoms with Crippen molar-refractivity contribution in [3.63, 3.8) is 0 Å². The molecule has 0 amide bonds. The molecule has 0 heterocycles. The molecule has 2 heteroatoms. The fourth-order valence-corrected chi connectivity index (χ4v) is 3.07. The van der Waals surface area contributed by atoms with Gasteiger partial charge in [0.05, 0.1) is 0 Å². The van der Waals surface area contributed by atoms with Crippen molar-refractivity contribution in [1.29, 1.82) is 0 Å². The zero-order valence-electron chi connectivity index (χ0n) is 9.95. The average molecular weight is 220 g/mol. The maximum atomic E-state index is 12.3. The van der Waals surface area contributed by atoms with E-state index >= 15 is 0 Å². The predicted octanol–water partition coefficient (Wildman–Crippen LogP) is 2.89. The van der Waals surface area contributed by atoms with Crippen molar-refractivity contribution in [3.8, 4) is 0 Å². The Labute approximate surface area is 97.4 Å². The van der Waals surface area contributed by atoms with Gasteiger partial charge in [0.2, 0.25) is 0 Å². The van der Waals surface area contributed by atoms with E-state index in [1.54, 1.807) is 7.11 Å². The minimum atomic E-state index is -0.233. The smallest absolute Gasteiger partial charge is 0.165 e. The molecule has 1 saturated carbocycles. The molecule has 88 valence electrons. The molecule has 16 heavy (non-hydrogen) atoms. The Hall–Kier alpha value is -0.890. The van der Waals surface area contributed by atoms with Gasteiger partial charge in [-0.3, -0.25) is 4.79 Å². The molecule has 0 unspecified atom stereocenters. The molecule has 0 aromatic carbocycles. The lowest BCUT2D eigenvalue weighted by Crippen LogP contribution is -2.34. The van der Waals surface area contributed by atoms with Crippen LogP contribution in [0.3, 0.4) is 0 Å². The lowest BCUT2D eigenvalue weighted by atomic mass is 9.73. The van der Waals surface area contributed by atoms with Crippen LogP contribution in [0.5, 0.6) is 0 Å². The van der Waals surface area contributed by atoms with Crippen molar-refractivity contribution in [2.75, 3.05) is 7.11 Å². The van der Waals surface area contributed by atoms with Crippen LogP contribution in [0.4, 0.5) is 0 Å². The van der Waals surface area contributed by atoms with E-state index in [2.05, 4.69) is 12.7 Å². The van der Waals surface area contributed by atoms with Crippen molar-refractivity contribution in [3.05, 3.63) is 24.3 Å². The van der Waals surface area contributed by atoms with E-state index in [-0.39, 0.29) is 12.0 Å². The van der Waals surface area contributed by atoms with E-state index in [0.29, 0.717) is 18.1 Å². The van der Waals surface area contributed by atoms with Crippen LogP contribution in [-0.2, 0) is 9.53 Å². The summed E-state index contributed by atoms with van der Waals surface area (Å²) >= 11 is 0. The second kappa shape index (κ2) is 4.96. The quantitative estimate of drug-likeness (QED) is 0.715. The number of fused-ring (bicyclic) bond motifs is 1. The summed E-state index contributed by atoms with van der Waals surface area (Å²) in [5.41, 5.74) is 1.26. The minimum absolute atomic E-state index is 0.172. The summed E-state index contributed by atoms with van der Waals surface area (Å²) in [6.45, 7) is 3.87. The number of carbonyl (C=O) groups excluding carboxylic acids is 1. The third kappa shape index (κ3) is 1.99. The van der Waals surface area contributed by atoms with Crippen LogP contribution < -0.4 is 0 Å². The minimum Gasteiger partial charge on any atom is -0.373 e. The topological polar surface area (TPSA) is 26.3 Å². The molecule has 0 saturated heterocycles. The van der Waals surface area contributed by atoms with E-state index < -0.39 is 0 Å². The first-order valence-electron chi connectivity index (χ1n) is 6.17. The molecule has 2 nitrogen and oxygen atoms in total. The van der Waals surface area contributed by atoms with E-state index in [0.717, 1.165) is 12.8 Å². The zero-order chi connectivity index (χ0) is 11.5. The van der Waals surface area contributed by atoms with Gasteiger partial charge in [0.1, 0.15) is 6.10 Å². The summed E-state index contributed by atoms with van der Waals surface area (Å²) in [6, 6.07) is 0. The summed E-state index contributed by atoms with van der Waals surface area (Å²) in [6.07, 6.45) is 9.11. The second-order valence-electron chi connectivity index (χ2n) is 4.77. The molecule has 0 N–H and O–H groups in total. The molecular weight excluding hydrogens is 200 g/mol. The van der Waals surface area contributed by atoms with Crippen molar-refractivity contribution in [1.82, 2.24) is 0 Å². The average Bonchev–Trinajstić information content (AvgIpc) is 2.47. The zero-order valence-corrected chi connectivity index (χ0v) is 9.95. The SMILES string of the molecule is C=CC1=CC[C@@H](OC)C(=O)[C@@H]2CCCC[C@H]12. The summed E-state index contributed by atoms with van der Waals surface area (Å²) in [7, 11) is 1.63. The molecule has 0 spiro atoms. The van der Waals surface area contributed by atoms with E-state index in [1.165, 1.54) is 18.4 Å². The van der Waals surface area contributed by atoms with Gasteiger partial charge in [-0.2, -0.15) is 0 Å². The standard InChI is InChI=1S/C14H20O2/c1-3-10-8-9-13(16-2)14(15)12-7-5-4-6-11(10)12/h3,8,11-13H,1,4-7,9H2,2H3/t11-,12-,13-/m1/s1. The van der Waals surface area contributed by atoms with Gasteiger partial charge in [-0.05, 0) is 30.8 Å². The Morgan fingerprint density at radius 3 is 2.69 bits per heavy atom. The van der Waals surface area contributed by atoms with Crippen molar-refractivity contribution in [2.45, 2.75) is 38.2 Å². The normalized spacial score (nSPS) is 34.9. The molecule has 0 bridgehead atoms. The maximum Gasteiger partial charge on any atom is 0.165 e. The van der Waals surface area contributed by atoms with E-state index in [1.807, 2.05) is 6.08 Å². The number of rotatable bonds is 2. The van der Waals surface area contributed by atoms with Gasteiger partial charge in [0.25, 0.3) is 0 Å². The van der Waals surface area contributed by atoms with Crippen LogP contribution in [0.15, 0.2) is 24.3 Å². The number of ketones is 1. The van der Waals surface area contributed by atoms with Gasteiger partial charge in [0, 0.05) is 13.0 Å². The monoisotopic (exact) mass is 220 g/mol. The number of ether oxygens (including phenoxy) is 1. The molecule has 3 atom stereocenters. The van der Waals surface area contributed by atoms with Gasteiger partial charge in [-0.15, -0.1) is 0 Å². The van der Waals surface area contributed by atoms with Gasteiger partial charge in [-0.25, -0.2) is 0 Å². The highest BCUT2D eigenvalue weighted by molar-refractivity contribution is 5.87. The van der Waals surface area contributed by atoms with Gasteiger partial charge in [-0.1, -0.05) is 31.6 Å². The number of allylic oxidation sites excluding steroid dienone is 2. The molecule has 2 rings (SSSR count). The number of methoxy groups -OCH3 is 1. The van der Waals surface area contributed by atoms with Crippen molar-refractivity contribution in [2.24, 2.45) is 11.8 Å². The summed E-state index contributed by atoms with van der Waals surface area (Å²) in [4.78, 5) is 12.3. The Morgan fingerprint density at radius 1 is 1.38 bits per heavy atom. The Balaban J connectivity index is 2.28. The van der Waals surface area contributed by atoms with Crippen LogP contribution in [-0.4, -0.2) is 19.0 Å². The van der Waals surface area contributed by atoms with E-state index in [4.69, 9.17) is 4.74 Å². The van der Waals surface area contributed by atoms with Crippen LogP contribution in [0, 0.1) is 11.8 Å². The molecule has 0 aromatic heterocycles. The predicted molar refractivity (Wildman–Crippen MR) is 64.1 cm³/mol. The van der Waals surface area contributed by atoms with Gasteiger partial charge >= 0.3 is 0 Å². The lowest BCUT2D eigenvalue weighted by molar-refractivity contribution is -0.134. The lowest BCUT2D eigenvalue weighted by Gasteiger charge is -2.31. The molecule has 0 aromatic rings. The first-order valence-corrected chi connectivity index (χ1v) is 6.17. The first kappa shape index (κ1) is 11.6. The number of hydrogen-bond donors (Lipinski definition) is 0. The van der Waals surface area contributed by atoms with Gasteiger partial charge in [0.15, 0.2) is 5.78 Å². The van der Waals surface area contributed by atoms with Crippen LogP contribution in [0.1, 0.15) is 32.1 Å². The summed E-state index contributed by atoms with van der Waals surface area (Å²) in [5.74, 6) is 0.879. The Bertz CT molecular complexity index is 317. The third-order valence-electron chi connectivity index (χ3n) is 3.96. The van der Waals surface area contributed by atoms with Crippen molar-refractivity contribution < 1.29 is 9.53 Å². The van der Waals surface area contributed by atoms with Crippen molar-refractivity contribution >= 4 is 5.78 Å². The summed E-state index contributed by atoms with van der Waals surface area (Å²) < 4.78 is 5.30. The molecule has 2 aliphatic rings. The van der Waals surface area contributed by atoms with Gasteiger partial charge < -0.3 is 4.74 Å². The molecule has 2 aliphatic carbocycles. The largest absolute Gasteiger partial charge is 0.373 e. The fraction of sp³-hybridized carbons (Fsp3) is 0.643. The Morgan fingerprint density at radius 2 is 2.06 bits per heavy atom. The van der Waals surface area contributed by atoms with E-state index in [9.17, 15) is 4.79 Å². The number of carbonyl (C=O) groups is 1. The maximum absolute atomic E-state index is 12.3. The number of Topliss-reactive ketones (excluding diaryl/α,β-unsaturated/α-hetero) is 1. The Kier molecular flexibility index (Phi) is 3.59.